The molecule has 0 aromatic carbocycles. The van der Waals surface area contributed by atoms with Gasteiger partial charge in [0.25, 0.3) is 0 Å². The van der Waals surface area contributed by atoms with Gasteiger partial charge in [-0.05, 0) is 19.4 Å². The molecule has 3 heterocycles. The fourth-order valence-corrected chi connectivity index (χ4v) is 3.22. The lowest BCUT2D eigenvalue weighted by molar-refractivity contribution is -0.118. The molecule has 0 unspecified atom stereocenters. The Hall–Kier alpha value is -2.09. The molecule has 1 aromatic rings. The molecule has 0 bridgehead atoms. The highest BCUT2D eigenvalue weighted by molar-refractivity contribution is 5.92. The number of likely N-dealkylation sites (tertiary alicyclic amines) is 1. The Bertz CT molecular complexity index is 587. The minimum atomic E-state index is -0.460. The van der Waals surface area contributed by atoms with Crippen molar-refractivity contribution in [3.05, 3.63) is 12.4 Å². The third-order valence-electron chi connectivity index (χ3n) is 4.12. The minimum Gasteiger partial charge on any atom is -0.440 e. The molecule has 2 fully saturated rings. The quantitative estimate of drug-likeness (QED) is 0.867. The molecular weight excluding hydrogens is 286 g/mol. The molecule has 2 amide bonds. The number of anilines is 1. The smallest absolute Gasteiger partial charge is 0.410 e. The number of aromatic nitrogens is 2. The van der Waals surface area contributed by atoms with Crippen LogP contribution < -0.4 is 5.32 Å². The number of rotatable bonds is 3. The van der Waals surface area contributed by atoms with Crippen molar-refractivity contribution in [2.75, 3.05) is 38.5 Å². The van der Waals surface area contributed by atoms with E-state index in [0.29, 0.717) is 18.8 Å². The van der Waals surface area contributed by atoms with Crippen LogP contribution in [0.25, 0.3) is 0 Å². The molecule has 8 nitrogen and oxygen atoms in total. The zero-order valence-corrected chi connectivity index (χ0v) is 12.9. The van der Waals surface area contributed by atoms with Gasteiger partial charge in [-0.1, -0.05) is 0 Å². The molecule has 2 saturated heterocycles. The molecule has 2 aliphatic rings. The Morgan fingerprint density at radius 2 is 2.27 bits per heavy atom. The van der Waals surface area contributed by atoms with Crippen LogP contribution in [0.3, 0.4) is 0 Å². The van der Waals surface area contributed by atoms with Gasteiger partial charge in [0.15, 0.2) is 0 Å². The molecule has 0 saturated carbocycles. The topological polar surface area (TPSA) is 79.7 Å². The molecular formula is C14H21N5O3. The number of piperidine rings is 1. The molecule has 2 aliphatic heterocycles. The van der Waals surface area contributed by atoms with Crippen LogP contribution in [0.1, 0.15) is 12.8 Å². The summed E-state index contributed by atoms with van der Waals surface area (Å²) >= 11 is 0. The number of carbonyl (C=O) groups is 2. The van der Waals surface area contributed by atoms with E-state index in [4.69, 9.17) is 4.74 Å². The maximum Gasteiger partial charge on any atom is 0.410 e. The summed E-state index contributed by atoms with van der Waals surface area (Å²) in [4.78, 5) is 27.4. The van der Waals surface area contributed by atoms with Crippen molar-refractivity contribution in [3.63, 3.8) is 0 Å². The van der Waals surface area contributed by atoms with Gasteiger partial charge in [0.05, 0.1) is 25.0 Å². The van der Waals surface area contributed by atoms with Gasteiger partial charge >= 0.3 is 6.09 Å². The SMILES string of the molecule is CN1C[C@]2(CCCN(CC(=O)Nc3cnn(C)c3)C2)OC1=O. The Labute approximate surface area is 129 Å². The number of aryl methyl sites for hydroxylation is 1. The molecule has 1 aromatic heterocycles. The van der Waals surface area contributed by atoms with E-state index in [2.05, 4.69) is 10.4 Å². The first-order valence-corrected chi connectivity index (χ1v) is 7.41. The Balaban J connectivity index is 1.56. The third-order valence-corrected chi connectivity index (χ3v) is 4.12. The molecule has 3 rings (SSSR count). The summed E-state index contributed by atoms with van der Waals surface area (Å²) < 4.78 is 7.17. The normalized spacial score (nSPS) is 25.5. The maximum atomic E-state index is 12.1. The summed E-state index contributed by atoms with van der Waals surface area (Å²) in [7, 11) is 3.54. The van der Waals surface area contributed by atoms with Gasteiger partial charge in [0.1, 0.15) is 5.60 Å². The van der Waals surface area contributed by atoms with Crippen molar-refractivity contribution >= 4 is 17.7 Å². The minimum absolute atomic E-state index is 0.0808. The summed E-state index contributed by atoms with van der Waals surface area (Å²) in [5.41, 5.74) is 0.227. The van der Waals surface area contributed by atoms with E-state index < -0.39 is 5.60 Å². The first-order valence-electron chi connectivity index (χ1n) is 7.41. The molecule has 1 N–H and O–H groups in total. The summed E-state index contributed by atoms with van der Waals surface area (Å²) in [5, 5.41) is 6.84. The van der Waals surface area contributed by atoms with Gasteiger partial charge in [0.2, 0.25) is 5.91 Å². The predicted octanol–water partition coefficient (Wildman–Crippen LogP) is 0.275. The lowest BCUT2D eigenvalue weighted by atomic mass is 9.93. The van der Waals surface area contributed by atoms with E-state index in [9.17, 15) is 9.59 Å². The van der Waals surface area contributed by atoms with Crippen molar-refractivity contribution < 1.29 is 14.3 Å². The van der Waals surface area contributed by atoms with Crippen molar-refractivity contribution in [2.24, 2.45) is 7.05 Å². The monoisotopic (exact) mass is 307 g/mol. The average Bonchev–Trinajstić information content (AvgIpc) is 2.94. The average molecular weight is 307 g/mol. The standard InChI is InChI=1S/C14H21N5O3/c1-17-9-14(22-13(17)21)4-3-5-19(10-14)8-12(20)16-11-6-15-18(2)7-11/h6-7H,3-5,8-10H2,1-2H3,(H,16,20)/t14-/m0/s1. The summed E-state index contributed by atoms with van der Waals surface area (Å²) in [6, 6.07) is 0. The van der Waals surface area contributed by atoms with E-state index in [1.807, 2.05) is 4.90 Å². The van der Waals surface area contributed by atoms with E-state index in [1.165, 1.54) is 0 Å². The Kier molecular flexibility index (Phi) is 3.78. The van der Waals surface area contributed by atoms with Crippen LogP contribution >= 0.6 is 0 Å². The molecule has 120 valence electrons. The number of nitrogens with zero attached hydrogens (tertiary/aromatic N) is 4. The molecule has 1 spiro atoms. The number of amides is 2. The van der Waals surface area contributed by atoms with Crippen LogP contribution in [-0.4, -0.2) is 70.4 Å². The maximum absolute atomic E-state index is 12.1. The number of nitrogens with one attached hydrogen (secondary N) is 1. The van der Waals surface area contributed by atoms with Gasteiger partial charge in [-0.3, -0.25) is 14.4 Å². The first kappa shape index (κ1) is 14.8. The van der Waals surface area contributed by atoms with E-state index in [0.717, 1.165) is 19.4 Å². The third kappa shape index (κ3) is 3.06. The highest BCUT2D eigenvalue weighted by Gasteiger charge is 2.46. The molecule has 22 heavy (non-hydrogen) atoms. The zero-order valence-electron chi connectivity index (χ0n) is 12.9. The molecule has 0 radical (unpaired) electrons. The summed E-state index contributed by atoms with van der Waals surface area (Å²) in [6.07, 6.45) is 4.86. The van der Waals surface area contributed by atoms with Gasteiger partial charge in [0, 0.05) is 26.8 Å². The highest BCUT2D eigenvalue weighted by Crippen LogP contribution is 2.31. The van der Waals surface area contributed by atoms with Crippen molar-refractivity contribution in [1.82, 2.24) is 19.6 Å². The lowest BCUT2D eigenvalue weighted by Gasteiger charge is -2.37. The van der Waals surface area contributed by atoms with Gasteiger partial charge in [-0.15, -0.1) is 0 Å². The highest BCUT2D eigenvalue weighted by atomic mass is 16.6. The van der Waals surface area contributed by atoms with Crippen LogP contribution in [0.15, 0.2) is 12.4 Å². The van der Waals surface area contributed by atoms with Crippen LogP contribution in [0.5, 0.6) is 0 Å². The number of likely N-dealkylation sites (N-methyl/N-ethyl adjacent to an activating group) is 1. The van der Waals surface area contributed by atoms with Crippen molar-refractivity contribution in [1.29, 1.82) is 0 Å². The number of hydrogen-bond acceptors (Lipinski definition) is 5. The Morgan fingerprint density at radius 3 is 2.91 bits per heavy atom. The second-order valence-electron chi connectivity index (χ2n) is 6.17. The van der Waals surface area contributed by atoms with Crippen LogP contribution in [0.2, 0.25) is 0 Å². The first-order chi connectivity index (χ1) is 10.5. The van der Waals surface area contributed by atoms with E-state index in [1.54, 1.807) is 36.1 Å². The van der Waals surface area contributed by atoms with Crippen LogP contribution in [0.4, 0.5) is 10.5 Å². The van der Waals surface area contributed by atoms with Crippen LogP contribution in [-0.2, 0) is 16.6 Å². The molecule has 0 aliphatic carbocycles. The van der Waals surface area contributed by atoms with Crippen molar-refractivity contribution in [3.8, 4) is 0 Å². The van der Waals surface area contributed by atoms with Gasteiger partial charge in [-0.25, -0.2) is 4.79 Å². The second kappa shape index (κ2) is 5.60. The summed E-state index contributed by atoms with van der Waals surface area (Å²) in [5.74, 6) is -0.0808. The van der Waals surface area contributed by atoms with Crippen molar-refractivity contribution in [2.45, 2.75) is 18.4 Å². The largest absolute Gasteiger partial charge is 0.440 e. The second-order valence-corrected chi connectivity index (χ2v) is 6.17. The zero-order chi connectivity index (χ0) is 15.7. The van der Waals surface area contributed by atoms with E-state index in [-0.39, 0.29) is 18.5 Å². The number of hydrogen-bond donors (Lipinski definition) is 1. The fourth-order valence-electron chi connectivity index (χ4n) is 3.22. The van der Waals surface area contributed by atoms with Gasteiger partial charge < -0.3 is 15.0 Å². The summed E-state index contributed by atoms with van der Waals surface area (Å²) in [6.45, 7) is 2.32. The number of ether oxygens (including phenoxy) is 1. The molecule has 8 heteroatoms. The Morgan fingerprint density at radius 1 is 1.45 bits per heavy atom. The lowest BCUT2D eigenvalue weighted by Crippen LogP contribution is -2.52. The number of carbonyl (C=O) groups excluding carboxylic acids is 2. The van der Waals surface area contributed by atoms with Gasteiger partial charge in [-0.2, -0.15) is 5.10 Å². The predicted molar refractivity (Wildman–Crippen MR) is 79.4 cm³/mol. The van der Waals surface area contributed by atoms with E-state index >= 15 is 0 Å². The molecule has 1 atom stereocenters. The fraction of sp³-hybridized carbons (Fsp3) is 0.643. The van der Waals surface area contributed by atoms with Crippen LogP contribution in [0, 0.1) is 0 Å².